The minimum absolute atomic E-state index is 0.0657. The monoisotopic (exact) mass is 329 g/mol. The molecule has 0 saturated carbocycles. The summed E-state index contributed by atoms with van der Waals surface area (Å²) < 4.78 is 0. The van der Waals surface area contributed by atoms with Crippen molar-refractivity contribution in [1.82, 2.24) is 0 Å². The molecule has 0 amide bonds. The minimum atomic E-state index is 0.0657. The highest BCUT2D eigenvalue weighted by Crippen LogP contribution is 2.32. The van der Waals surface area contributed by atoms with Crippen molar-refractivity contribution in [2.45, 2.75) is 27.7 Å². The number of benzene rings is 1. The lowest BCUT2D eigenvalue weighted by atomic mass is 9.93. The van der Waals surface area contributed by atoms with Gasteiger partial charge in [0, 0.05) is 27.9 Å². The Morgan fingerprint density at radius 2 is 1.12 bits per heavy atom. The molecule has 0 atom stereocenters. The van der Waals surface area contributed by atoms with Gasteiger partial charge < -0.3 is 4.90 Å². The minimum Gasteiger partial charge on any atom is -0.311 e. The highest BCUT2D eigenvalue weighted by atomic mass is 15.1. The maximum absolute atomic E-state index is 2.31. The van der Waals surface area contributed by atoms with E-state index in [2.05, 4.69) is 124 Å². The summed E-state index contributed by atoms with van der Waals surface area (Å²) in [6.45, 7) is 8.89. The second kappa shape index (κ2) is 6.76. The Labute approximate surface area is 152 Å². The normalized spacial score (nSPS) is 20.5. The highest BCUT2D eigenvalue weighted by molar-refractivity contribution is 5.64. The zero-order chi connectivity index (χ0) is 17.9. The van der Waals surface area contributed by atoms with Crippen molar-refractivity contribution >= 4 is 5.69 Å². The summed E-state index contributed by atoms with van der Waals surface area (Å²) in [4.78, 5) is 2.31. The zero-order valence-electron chi connectivity index (χ0n) is 15.6. The summed E-state index contributed by atoms with van der Waals surface area (Å²) >= 11 is 0. The van der Waals surface area contributed by atoms with Crippen LogP contribution in [0.2, 0.25) is 0 Å². The van der Waals surface area contributed by atoms with Gasteiger partial charge in [0.15, 0.2) is 0 Å². The van der Waals surface area contributed by atoms with Gasteiger partial charge in [-0.15, -0.1) is 0 Å². The molecule has 2 aliphatic rings. The molecule has 0 unspecified atom stereocenters. The molecule has 0 aromatic heterocycles. The van der Waals surface area contributed by atoms with Crippen LogP contribution in [0.4, 0.5) is 5.69 Å². The molecule has 2 aliphatic carbocycles. The first-order valence-corrected chi connectivity index (χ1v) is 8.89. The van der Waals surface area contributed by atoms with E-state index in [1.807, 2.05) is 0 Å². The zero-order valence-corrected chi connectivity index (χ0v) is 15.6. The van der Waals surface area contributed by atoms with Crippen molar-refractivity contribution in [2.24, 2.45) is 10.8 Å². The number of hydrogen-bond donors (Lipinski definition) is 0. The molecule has 0 radical (unpaired) electrons. The lowest BCUT2D eigenvalue weighted by Crippen LogP contribution is -2.20. The van der Waals surface area contributed by atoms with Crippen molar-refractivity contribution in [3.05, 3.63) is 102 Å². The fourth-order valence-corrected chi connectivity index (χ4v) is 2.93. The molecular weight excluding hydrogens is 302 g/mol. The Kier molecular flexibility index (Phi) is 4.67. The Morgan fingerprint density at radius 1 is 0.640 bits per heavy atom. The smallest absolute Gasteiger partial charge is 0.0461 e. The van der Waals surface area contributed by atoms with Crippen LogP contribution in [0.15, 0.2) is 102 Å². The highest BCUT2D eigenvalue weighted by Gasteiger charge is 2.19. The average Bonchev–Trinajstić information content (AvgIpc) is 2.85. The van der Waals surface area contributed by atoms with E-state index in [0.717, 1.165) is 17.1 Å². The van der Waals surface area contributed by atoms with Crippen molar-refractivity contribution in [1.29, 1.82) is 0 Å². The quantitative estimate of drug-likeness (QED) is 0.606. The van der Waals surface area contributed by atoms with Crippen LogP contribution in [-0.2, 0) is 0 Å². The average molecular weight is 329 g/mol. The van der Waals surface area contributed by atoms with Crippen molar-refractivity contribution in [2.75, 3.05) is 4.90 Å². The van der Waals surface area contributed by atoms with Crippen molar-refractivity contribution in [3.63, 3.8) is 0 Å². The van der Waals surface area contributed by atoms with E-state index in [4.69, 9.17) is 0 Å². The fourth-order valence-electron chi connectivity index (χ4n) is 2.93. The van der Waals surface area contributed by atoms with Gasteiger partial charge in [0.1, 0.15) is 0 Å². The van der Waals surface area contributed by atoms with Crippen LogP contribution in [0.5, 0.6) is 0 Å². The maximum atomic E-state index is 2.31. The molecule has 0 aliphatic heterocycles. The number of hydrogen-bond acceptors (Lipinski definition) is 1. The largest absolute Gasteiger partial charge is 0.311 e. The summed E-state index contributed by atoms with van der Waals surface area (Å²) in [5.41, 5.74) is 3.62. The number of rotatable bonds is 3. The first-order valence-electron chi connectivity index (χ1n) is 8.89. The van der Waals surface area contributed by atoms with Gasteiger partial charge in [-0.3, -0.25) is 0 Å². The fraction of sp³-hybridized carbons (Fsp3) is 0.250. The molecule has 0 saturated heterocycles. The van der Waals surface area contributed by atoms with Crippen LogP contribution < -0.4 is 4.90 Å². The lowest BCUT2D eigenvalue weighted by Gasteiger charge is -2.27. The molecule has 1 heteroatoms. The standard InChI is InChI=1S/C24H27N/c1-23(2)16-8-12-21(14-18-23)25(20-10-6-5-7-11-20)22-13-9-17-24(3,4)19-15-22/h5-19H,1-4H3. The molecular formula is C24H27N. The van der Waals surface area contributed by atoms with E-state index in [0.29, 0.717) is 0 Å². The lowest BCUT2D eigenvalue weighted by molar-refractivity contribution is 0.626. The van der Waals surface area contributed by atoms with Gasteiger partial charge in [-0.05, 0) is 36.4 Å². The van der Waals surface area contributed by atoms with Gasteiger partial charge in [0.25, 0.3) is 0 Å². The predicted molar refractivity (Wildman–Crippen MR) is 109 cm³/mol. The molecule has 0 N–H and O–H groups in total. The Balaban J connectivity index is 2.07. The van der Waals surface area contributed by atoms with E-state index in [1.54, 1.807) is 0 Å². The van der Waals surface area contributed by atoms with Crippen LogP contribution in [0, 0.1) is 10.8 Å². The Hall–Kier alpha value is -2.54. The molecule has 1 aromatic carbocycles. The first-order chi connectivity index (χ1) is 11.9. The van der Waals surface area contributed by atoms with Gasteiger partial charge in [0.2, 0.25) is 0 Å². The Morgan fingerprint density at radius 3 is 1.60 bits per heavy atom. The van der Waals surface area contributed by atoms with Gasteiger partial charge >= 0.3 is 0 Å². The third-order valence-electron chi connectivity index (χ3n) is 4.48. The molecule has 3 rings (SSSR count). The molecule has 25 heavy (non-hydrogen) atoms. The number of para-hydroxylation sites is 1. The first kappa shape index (κ1) is 17.3. The molecule has 0 fully saturated rings. The molecule has 1 nitrogen and oxygen atoms in total. The van der Waals surface area contributed by atoms with Gasteiger partial charge in [-0.2, -0.15) is 0 Å². The van der Waals surface area contributed by atoms with Crippen LogP contribution in [0.1, 0.15) is 27.7 Å². The third-order valence-corrected chi connectivity index (χ3v) is 4.48. The summed E-state index contributed by atoms with van der Waals surface area (Å²) in [5, 5.41) is 0. The molecule has 0 bridgehead atoms. The molecule has 0 heterocycles. The second-order valence-corrected chi connectivity index (χ2v) is 7.88. The maximum Gasteiger partial charge on any atom is 0.0461 e. The van der Waals surface area contributed by atoms with Gasteiger partial charge in [0.05, 0.1) is 0 Å². The predicted octanol–water partition coefficient (Wildman–Crippen LogP) is 6.57. The number of nitrogens with zero attached hydrogens (tertiary/aromatic N) is 1. The van der Waals surface area contributed by atoms with Crippen molar-refractivity contribution in [3.8, 4) is 0 Å². The SMILES string of the molecule is CC1(C)C=CC=C(N(C2=CC=CC(C)(C)C=C2)c2ccccc2)C=C1. The van der Waals surface area contributed by atoms with E-state index in [9.17, 15) is 0 Å². The summed E-state index contributed by atoms with van der Waals surface area (Å²) in [6, 6.07) is 10.5. The number of allylic oxidation sites excluding steroid dienone is 10. The van der Waals surface area contributed by atoms with E-state index in [1.165, 1.54) is 0 Å². The molecule has 0 spiro atoms. The van der Waals surface area contributed by atoms with Crippen LogP contribution in [0.3, 0.4) is 0 Å². The number of anilines is 1. The van der Waals surface area contributed by atoms with Crippen LogP contribution >= 0.6 is 0 Å². The summed E-state index contributed by atoms with van der Waals surface area (Å²) in [5.74, 6) is 0. The van der Waals surface area contributed by atoms with E-state index >= 15 is 0 Å². The van der Waals surface area contributed by atoms with Crippen LogP contribution in [0.25, 0.3) is 0 Å². The van der Waals surface area contributed by atoms with Gasteiger partial charge in [-0.25, -0.2) is 0 Å². The van der Waals surface area contributed by atoms with E-state index in [-0.39, 0.29) is 10.8 Å². The van der Waals surface area contributed by atoms with Crippen LogP contribution in [-0.4, -0.2) is 0 Å². The Bertz CT molecular complexity index is 746. The van der Waals surface area contributed by atoms with Crippen molar-refractivity contribution < 1.29 is 0 Å². The second-order valence-electron chi connectivity index (χ2n) is 7.88. The van der Waals surface area contributed by atoms with Gasteiger partial charge in [-0.1, -0.05) is 82.4 Å². The summed E-state index contributed by atoms with van der Waals surface area (Å²) in [6.07, 6.45) is 22.1. The topological polar surface area (TPSA) is 3.24 Å². The third kappa shape index (κ3) is 4.30. The molecule has 128 valence electrons. The van der Waals surface area contributed by atoms with E-state index < -0.39 is 0 Å². The molecule has 1 aromatic rings. The summed E-state index contributed by atoms with van der Waals surface area (Å²) in [7, 11) is 0.